The van der Waals surface area contributed by atoms with Gasteiger partial charge in [0.1, 0.15) is 0 Å². The molecule has 104 valence electrons. The van der Waals surface area contributed by atoms with Crippen molar-refractivity contribution in [2.45, 2.75) is 12.5 Å². The van der Waals surface area contributed by atoms with Gasteiger partial charge in [0.15, 0.2) is 0 Å². The number of non-ortho nitro benzene ring substituents is 1. The Labute approximate surface area is 121 Å². The van der Waals surface area contributed by atoms with E-state index >= 15 is 0 Å². The van der Waals surface area contributed by atoms with E-state index in [1.807, 2.05) is 24.3 Å². The molecule has 2 aromatic carbocycles. The number of alkyl halides is 1. The summed E-state index contributed by atoms with van der Waals surface area (Å²) in [5.41, 5.74) is 2.98. The first kappa shape index (κ1) is 14.5. The van der Waals surface area contributed by atoms with Gasteiger partial charge in [-0.2, -0.15) is 0 Å². The van der Waals surface area contributed by atoms with Crippen LogP contribution in [0.5, 0.6) is 0 Å². The molecule has 0 bridgehead atoms. The number of nitro groups is 1. The van der Waals surface area contributed by atoms with Crippen molar-refractivity contribution in [2.24, 2.45) is 0 Å². The van der Waals surface area contributed by atoms with Gasteiger partial charge in [0.05, 0.1) is 11.0 Å². The molecule has 0 spiro atoms. The summed E-state index contributed by atoms with van der Waals surface area (Å²) in [6.07, 6.45) is -0.0220. The number of halogens is 1. The van der Waals surface area contributed by atoms with Crippen molar-refractivity contribution < 1.29 is 10.0 Å². The van der Waals surface area contributed by atoms with Crippen molar-refractivity contribution in [3.63, 3.8) is 0 Å². The first-order chi connectivity index (χ1) is 9.60. The molecule has 5 heteroatoms. The van der Waals surface area contributed by atoms with Gasteiger partial charge in [-0.3, -0.25) is 10.1 Å². The molecule has 1 N–H and O–H groups in total. The van der Waals surface area contributed by atoms with Crippen molar-refractivity contribution in [3.8, 4) is 11.1 Å². The molecule has 0 aliphatic carbocycles. The second-order valence-electron chi connectivity index (χ2n) is 4.51. The average Bonchev–Trinajstić information content (AvgIpc) is 2.48. The summed E-state index contributed by atoms with van der Waals surface area (Å²) in [7, 11) is 0. The van der Waals surface area contributed by atoms with Crippen LogP contribution in [0.1, 0.15) is 5.56 Å². The van der Waals surface area contributed by atoms with E-state index in [0.29, 0.717) is 6.42 Å². The third kappa shape index (κ3) is 3.56. The van der Waals surface area contributed by atoms with Crippen molar-refractivity contribution >= 4 is 17.3 Å². The van der Waals surface area contributed by atoms with Gasteiger partial charge in [0, 0.05) is 18.0 Å². The van der Waals surface area contributed by atoms with E-state index in [2.05, 4.69) is 0 Å². The maximum absolute atomic E-state index is 10.6. The number of nitrogens with zero attached hydrogens (tertiary/aromatic N) is 1. The summed E-state index contributed by atoms with van der Waals surface area (Å²) >= 11 is 5.56. The third-order valence-corrected chi connectivity index (χ3v) is 3.37. The second-order valence-corrected chi connectivity index (χ2v) is 4.82. The van der Waals surface area contributed by atoms with Crippen LogP contribution in [0.4, 0.5) is 5.69 Å². The number of hydrogen-bond acceptors (Lipinski definition) is 3. The lowest BCUT2D eigenvalue weighted by Crippen LogP contribution is -2.11. The molecular formula is C15H14ClNO3. The topological polar surface area (TPSA) is 63.4 Å². The summed E-state index contributed by atoms with van der Waals surface area (Å²) in [6.45, 7) is 0. The van der Waals surface area contributed by atoms with Gasteiger partial charge in [0.2, 0.25) is 0 Å². The number of benzene rings is 2. The highest BCUT2D eigenvalue weighted by Gasteiger charge is 2.06. The molecular weight excluding hydrogens is 278 g/mol. The van der Waals surface area contributed by atoms with Gasteiger partial charge in [0.25, 0.3) is 5.69 Å². The molecule has 2 rings (SSSR count). The van der Waals surface area contributed by atoms with Gasteiger partial charge < -0.3 is 5.11 Å². The van der Waals surface area contributed by atoms with E-state index < -0.39 is 11.0 Å². The van der Waals surface area contributed by atoms with Crippen molar-refractivity contribution in [1.29, 1.82) is 0 Å². The summed E-state index contributed by atoms with van der Waals surface area (Å²) < 4.78 is 0. The molecule has 0 amide bonds. The van der Waals surface area contributed by atoms with Crippen LogP contribution in [0.3, 0.4) is 0 Å². The SMILES string of the molecule is O=[N+]([O-])c1ccc(-c2ccc(CC(O)CCl)cc2)cc1. The Kier molecular flexibility index (Phi) is 4.71. The summed E-state index contributed by atoms with van der Waals surface area (Å²) in [4.78, 5) is 10.2. The number of aliphatic hydroxyl groups excluding tert-OH is 1. The first-order valence-electron chi connectivity index (χ1n) is 6.18. The Morgan fingerprint density at radius 3 is 2.00 bits per heavy atom. The smallest absolute Gasteiger partial charge is 0.269 e. The lowest BCUT2D eigenvalue weighted by Gasteiger charge is -2.07. The van der Waals surface area contributed by atoms with Gasteiger partial charge >= 0.3 is 0 Å². The van der Waals surface area contributed by atoms with Crippen molar-refractivity contribution in [2.75, 3.05) is 5.88 Å². The standard InChI is InChI=1S/C15H14ClNO3/c16-10-15(18)9-11-1-3-12(4-2-11)13-5-7-14(8-6-13)17(19)20/h1-8,15,18H,9-10H2. The van der Waals surface area contributed by atoms with Gasteiger partial charge in [-0.15, -0.1) is 11.6 Å². The van der Waals surface area contributed by atoms with Gasteiger partial charge in [-0.1, -0.05) is 24.3 Å². The lowest BCUT2D eigenvalue weighted by atomic mass is 10.0. The van der Waals surface area contributed by atoms with Crippen LogP contribution < -0.4 is 0 Å². The molecule has 0 heterocycles. The molecule has 0 aliphatic heterocycles. The van der Waals surface area contributed by atoms with Gasteiger partial charge in [-0.05, 0) is 35.2 Å². The molecule has 0 aromatic heterocycles. The van der Waals surface area contributed by atoms with Gasteiger partial charge in [-0.25, -0.2) is 0 Å². The normalized spacial score (nSPS) is 12.1. The monoisotopic (exact) mass is 291 g/mol. The largest absolute Gasteiger partial charge is 0.392 e. The highest BCUT2D eigenvalue weighted by atomic mass is 35.5. The number of aliphatic hydroxyl groups is 1. The predicted octanol–water partition coefficient (Wildman–Crippen LogP) is 3.40. The Bertz CT molecular complexity index is 581. The summed E-state index contributed by atoms with van der Waals surface area (Å²) in [6, 6.07) is 14.1. The third-order valence-electron chi connectivity index (χ3n) is 3.01. The van der Waals surface area contributed by atoms with E-state index in [4.69, 9.17) is 11.6 Å². The van der Waals surface area contributed by atoms with E-state index in [9.17, 15) is 15.2 Å². The van der Waals surface area contributed by atoms with E-state index in [0.717, 1.165) is 16.7 Å². The average molecular weight is 292 g/mol. The Balaban J connectivity index is 2.15. The summed E-state index contributed by atoms with van der Waals surface area (Å²) in [5, 5.41) is 20.1. The van der Waals surface area contributed by atoms with Crippen molar-refractivity contribution in [3.05, 3.63) is 64.2 Å². The minimum Gasteiger partial charge on any atom is -0.392 e. The quantitative estimate of drug-likeness (QED) is 0.522. The lowest BCUT2D eigenvalue weighted by molar-refractivity contribution is -0.384. The fourth-order valence-electron chi connectivity index (χ4n) is 1.94. The minimum absolute atomic E-state index is 0.0793. The molecule has 0 aliphatic rings. The van der Waals surface area contributed by atoms with Crippen LogP contribution in [0.25, 0.3) is 11.1 Å². The van der Waals surface area contributed by atoms with Crippen LogP contribution in [0.15, 0.2) is 48.5 Å². The Morgan fingerprint density at radius 1 is 1.05 bits per heavy atom. The zero-order valence-electron chi connectivity index (χ0n) is 10.7. The molecule has 2 aromatic rings. The van der Waals surface area contributed by atoms with Crippen LogP contribution in [0, 0.1) is 10.1 Å². The zero-order chi connectivity index (χ0) is 14.5. The maximum Gasteiger partial charge on any atom is 0.269 e. The van der Waals surface area contributed by atoms with Crippen LogP contribution in [-0.2, 0) is 6.42 Å². The van der Waals surface area contributed by atoms with Crippen LogP contribution >= 0.6 is 11.6 Å². The molecule has 0 saturated heterocycles. The molecule has 20 heavy (non-hydrogen) atoms. The van der Waals surface area contributed by atoms with E-state index in [1.165, 1.54) is 12.1 Å². The van der Waals surface area contributed by atoms with E-state index in [1.54, 1.807) is 12.1 Å². The van der Waals surface area contributed by atoms with Crippen molar-refractivity contribution in [1.82, 2.24) is 0 Å². The highest BCUT2D eigenvalue weighted by Crippen LogP contribution is 2.23. The zero-order valence-corrected chi connectivity index (χ0v) is 11.5. The molecule has 0 fully saturated rings. The van der Waals surface area contributed by atoms with E-state index in [-0.39, 0.29) is 11.6 Å². The van der Waals surface area contributed by atoms with Crippen LogP contribution in [-0.4, -0.2) is 22.0 Å². The molecule has 0 saturated carbocycles. The minimum atomic E-state index is -0.540. The molecule has 0 radical (unpaired) electrons. The maximum atomic E-state index is 10.6. The fourth-order valence-corrected chi connectivity index (χ4v) is 2.04. The molecule has 1 unspecified atom stereocenters. The highest BCUT2D eigenvalue weighted by molar-refractivity contribution is 6.18. The second kappa shape index (κ2) is 6.50. The first-order valence-corrected chi connectivity index (χ1v) is 6.71. The van der Waals surface area contributed by atoms with Crippen LogP contribution in [0.2, 0.25) is 0 Å². The predicted molar refractivity (Wildman–Crippen MR) is 79.0 cm³/mol. The Morgan fingerprint density at radius 2 is 1.55 bits per heavy atom. The molecule has 1 atom stereocenters. The Hall–Kier alpha value is -1.91. The number of hydrogen-bond donors (Lipinski definition) is 1. The number of rotatable bonds is 5. The fraction of sp³-hybridized carbons (Fsp3) is 0.200. The summed E-state index contributed by atoms with van der Waals surface area (Å²) in [5.74, 6) is 0.212. The number of nitro benzene ring substituents is 1. The molecule has 4 nitrogen and oxygen atoms in total.